The lowest BCUT2D eigenvalue weighted by molar-refractivity contribution is -0.139. The quantitative estimate of drug-likeness (QED) is 0.552. The predicted octanol–water partition coefficient (Wildman–Crippen LogP) is 2.29. The number of hydrogen-bond acceptors (Lipinski definition) is 5. The van der Waals surface area contributed by atoms with Gasteiger partial charge < -0.3 is 14.2 Å². The lowest BCUT2D eigenvalue weighted by atomic mass is 9.93. The van der Waals surface area contributed by atoms with Crippen LogP contribution in [0.1, 0.15) is 27.2 Å². The molecule has 0 radical (unpaired) electrons. The summed E-state index contributed by atoms with van der Waals surface area (Å²) in [5.74, 6) is -0.799. The highest BCUT2D eigenvalue weighted by molar-refractivity contribution is 5.97. The minimum Gasteiger partial charge on any atom is -0.501 e. The molecule has 0 bridgehead atoms. The second-order valence-electron chi connectivity index (χ2n) is 3.99. The monoisotopic (exact) mass is 280 g/mol. The summed E-state index contributed by atoms with van der Waals surface area (Å²) >= 11 is 0. The highest BCUT2D eigenvalue weighted by Gasteiger charge is 2.23. The smallest absolute Gasteiger partial charge is 0.338 e. The Morgan fingerprint density at radius 2 is 1.70 bits per heavy atom. The van der Waals surface area contributed by atoms with Crippen molar-refractivity contribution in [3.8, 4) is 0 Å². The number of carbonyl (C=O) groups excluding carboxylic acids is 2. The Hall–Kier alpha value is -2.04. The first-order valence-electron chi connectivity index (χ1n) is 6.70. The molecule has 0 amide bonds. The van der Waals surface area contributed by atoms with Crippen molar-refractivity contribution in [3.63, 3.8) is 0 Å². The molecule has 0 fully saturated rings. The summed E-state index contributed by atoms with van der Waals surface area (Å²) in [6.07, 6.45) is 4.95. The molecule has 1 aliphatic carbocycles. The van der Waals surface area contributed by atoms with Gasteiger partial charge in [-0.25, -0.2) is 9.59 Å². The van der Waals surface area contributed by atoms with Gasteiger partial charge in [-0.3, -0.25) is 0 Å². The summed E-state index contributed by atoms with van der Waals surface area (Å²) in [6, 6.07) is 0. The van der Waals surface area contributed by atoms with E-state index in [-0.39, 0.29) is 5.97 Å². The third-order valence-corrected chi connectivity index (χ3v) is 2.60. The Kier molecular flexibility index (Phi) is 6.56. The van der Waals surface area contributed by atoms with Crippen LogP contribution >= 0.6 is 0 Å². The van der Waals surface area contributed by atoms with Crippen LogP contribution in [0.2, 0.25) is 0 Å². The van der Waals surface area contributed by atoms with E-state index in [1.165, 1.54) is 6.26 Å². The predicted molar refractivity (Wildman–Crippen MR) is 73.8 cm³/mol. The van der Waals surface area contributed by atoms with Crippen molar-refractivity contribution in [3.05, 3.63) is 35.1 Å². The minimum absolute atomic E-state index is 0.295. The van der Waals surface area contributed by atoms with Gasteiger partial charge in [0, 0.05) is 17.6 Å². The molecule has 0 saturated heterocycles. The number of allylic oxidation sites excluding steroid dienone is 2. The number of carbonyl (C=O) groups is 2. The van der Waals surface area contributed by atoms with E-state index in [0.29, 0.717) is 43.0 Å². The number of hydrogen-bond donors (Lipinski definition) is 0. The fraction of sp³-hybridized carbons (Fsp3) is 0.467. The van der Waals surface area contributed by atoms with Crippen molar-refractivity contribution in [1.82, 2.24) is 0 Å². The highest BCUT2D eigenvalue weighted by Crippen LogP contribution is 2.26. The maximum Gasteiger partial charge on any atom is 0.338 e. The Labute approximate surface area is 118 Å². The molecule has 0 aliphatic heterocycles. The van der Waals surface area contributed by atoms with Crippen LogP contribution in [0.3, 0.4) is 0 Å². The van der Waals surface area contributed by atoms with E-state index in [4.69, 9.17) is 14.2 Å². The molecule has 1 aliphatic rings. The van der Waals surface area contributed by atoms with Crippen LogP contribution in [0.15, 0.2) is 35.1 Å². The van der Waals surface area contributed by atoms with Crippen LogP contribution in [-0.2, 0) is 23.8 Å². The first-order valence-corrected chi connectivity index (χ1v) is 6.70. The summed E-state index contributed by atoms with van der Waals surface area (Å²) in [6.45, 7) is 6.43. The van der Waals surface area contributed by atoms with Gasteiger partial charge in [-0.2, -0.15) is 0 Å². The molecular weight excluding hydrogens is 260 g/mol. The van der Waals surface area contributed by atoms with Crippen molar-refractivity contribution < 1.29 is 23.8 Å². The number of rotatable bonds is 6. The van der Waals surface area contributed by atoms with Crippen LogP contribution < -0.4 is 0 Å². The first-order chi connectivity index (χ1) is 9.63. The fourth-order valence-corrected chi connectivity index (χ4v) is 1.71. The average Bonchev–Trinajstić information content (AvgIpc) is 2.45. The summed E-state index contributed by atoms with van der Waals surface area (Å²) in [7, 11) is 0. The van der Waals surface area contributed by atoms with Crippen molar-refractivity contribution >= 4 is 11.9 Å². The zero-order valence-electron chi connectivity index (χ0n) is 12.1. The third kappa shape index (κ3) is 4.26. The normalized spacial score (nSPS) is 16.2. The molecule has 0 aromatic heterocycles. The van der Waals surface area contributed by atoms with E-state index in [1.807, 2.05) is 6.92 Å². The molecule has 1 rings (SSSR count). The summed E-state index contributed by atoms with van der Waals surface area (Å²) in [5, 5.41) is 0. The molecule has 5 heteroatoms. The summed E-state index contributed by atoms with van der Waals surface area (Å²) < 4.78 is 15.2. The van der Waals surface area contributed by atoms with E-state index in [9.17, 15) is 9.59 Å². The summed E-state index contributed by atoms with van der Waals surface area (Å²) in [5.41, 5.74) is 1.52. The van der Waals surface area contributed by atoms with Crippen LogP contribution in [0.4, 0.5) is 0 Å². The van der Waals surface area contributed by atoms with E-state index < -0.39 is 5.97 Å². The topological polar surface area (TPSA) is 61.8 Å². The molecule has 0 unspecified atom stereocenters. The van der Waals surface area contributed by atoms with Gasteiger partial charge >= 0.3 is 11.9 Å². The molecule has 0 atom stereocenters. The molecule has 0 spiro atoms. The van der Waals surface area contributed by atoms with Gasteiger partial charge in [-0.05, 0) is 26.8 Å². The molecule has 0 aromatic rings. The van der Waals surface area contributed by atoms with Gasteiger partial charge in [0.2, 0.25) is 0 Å². The Balaban J connectivity index is 2.98. The van der Waals surface area contributed by atoms with E-state index in [2.05, 4.69) is 0 Å². The van der Waals surface area contributed by atoms with Crippen molar-refractivity contribution in [1.29, 1.82) is 0 Å². The Morgan fingerprint density at radius 1 is 1.05 bits per heavy atom. The largest absolute Gasteiger partial charge is 0.501 e. The van der Waals surface area contributed by atoms with Gasteiger partial charge in [-0.1, -0.05) is 6.08 Å². The number of esters is 2. The number of ether oxygens (including phenoxy) is 3. The zero-order chi connectivity index (χ0) is 15.0. The Morgan fingerprint density at radius 3 is 2.30 bits per heavy atom. The maximum absolute atomic E-state index is 11.8. The molecule has 0 aromatic carbocycles. The third-order valence-electron chi connectivity index (χ3n) is 2.60. The van der Waals surface area contributed by atoms with Crippen LogP contribution in [0.5, 0.6) is 0 Å². The van der Waals surface area contributed by atoms with Crippen molar-refractivity contribution in [2.45, 2.75) is 27.2 Å². The highest BCUT2D eigenvalue weighted by atomic mass is 16.5. The molecular formula is C15H20O5. The first kappa shape index (κ1) is 16.0. The maximum atomic E-state index is 11.8. The van der Waals surface area contributed by atoms with Gasteiger partial charge in [0.25, 0.3) is 0 Å². The average molecular weight is 280 g/mol. The zero-order valence-corrected chi connectivity index (χ0v) is 12.1. The van der Waals surface area contributed by atoms with E-state index >= 15 is 0 Å². The van der Waals surface area contributed by atoms with Gasteiger partial charge in [0.15, 0.2) is 0 Å². The molecule has 20 heavy (non-hydrogen) atoms. The molecule has 0 heterocycles. The van der Waals surface area contributed by atoms with Gasteiger partial charge in [0.1, 0.15) is 0 Å². The molecule has 0 N–H and O–H groups in total. The lowest BCUT2D eigenvalue weighted by Gasteiger charge is -2.16. The van der Waals surface area contributed by atoms with E-state index in [0.717, 1.165) is 0 Å². The van der Waals surface area contributed by atoms with Gasteiger partial charge in [0.05, 0.1) is 31.7 Å². The van der Waals surface area contributed by atoms with Gasteiger partial charge in [-0.15, -0.1) is 0 Å². The van der Waals surface area contributed by atoms with Crippen LogP contribution in [0.25, 0.3) is 0 Å². The van der Waals surface area contributed by atoms with Crippen LogP contribution in [-0.4, -0.2) is 31.8 Å². The summed E-state index contributed by atoms with van der Waals surface area (Å²) in [4.78, 5) is 23.6. The fourth-order valence-electron chi connectivity index (χ4n) is 1.71. The Bertz CT molecular complexity index is 457. The van der Waals surface area contributed by atoms with Crippen molar-refractivity contribution in [2.24, 2.45) is 0 Å². The minimum atomic E-state index is -0.419. The molecule has 5 nitrogen and oxygen atoms in total. The SMILES string of the molecule is CCOC=C1CC(C(=O)OCC)=CC=C1C(=O)OCC. The van der Waals surface area contributed by atoms with Crippen LogP contribution in [0, 0.1) is 0 Å². The second-order valence-corrected chi connectivity index (χ2v) is 3.99. The lowest BCUT2D eigenvalue weighted by Crippen LogP contribution is -2.16. The molecule has 110 valence electrons. The van der Waals surface area contributed by atoms with E-state index in [1.54, 1.807) is 26.0 Å². The second kappa shape index (κ2) is 8.19. The molecule has 0 saturated carbocycles. The standard InChI is InChI=1S/C15H20O5/c1-4-18-10-12-9-11(14(16)19-5-2)7-8-13(12)15(17)20-6-3/h7-8,10H,4-6,9H2,1-3H3. The van der Waals surface area contributed by atoms with Crippen molar-refractivity contribution in [2.75, 3.05) is 19.8 Å².